The molecule has 12 nitrogen and oxygen atoms in total. The molecule has 3 fully saturated rings. The molecule has 2 unspecified atom stereocenters. The average Bonchev–Trinajstić information content (AvgIpc) is 3.65. The number of esters is 1. The highest BCUT2D eigenvalue weighted by Crippen LogP contribution is 2.61. The Morgan fingerprint density at radius 1 is 1.10 bits per heavy atom. The molecule has 1 saturated carbocycles. The van der Waals surface area contributed by atoms with E-state index in [4.69, 9.17) is 37.4 Å². The molecule has 2 aliphatic heterocycles. The molecule has 1 amide bonds. The van der Waals surface area contributed by atoms with E-state index in [1.54, 1.807) is 19.9 Å². The quantitative estimate of drug-likeness (QED) is 0.102. The fourth-order valence-corrected chi connectivity index (χ4v) is 11.9. The van der Waals surface area contributed by atoms with Crippen molar-refractivity contribution in [3.8, 4) is 0 Å². The molecule has 13 atom stereocenters. The predicted octanol–water partition coefficient (Wildman–Crippen LogP) is 7.97. The monoisotopic (exact) mass is 854 g/mol. The van der Waals surface area contributed by atoms with Crippen LogP contribution in [0.1, 0.15) is 103 Å². The van der Waals surface area contributed by atoms with Gasteiger partial charge in [-0.1, -0.05) is 86.0 Å². The Morgan fingerprint density at radius 3 is 2.49 bits per heavy atom. The number of hydrogen-bond donors (Lipinski definition) is 5. The summed E-state index contributed by atoms with van der Waals surface area (Å²) in [5, 5.41) is 37.6. The minimum atomic E-state index is -1.75. The van der Waals surface area contributed by atoms with Gasteiger partial charge in [-0.25, -0.2) is 9.59 Å². The standard InChI is InChI=1S/C45H56Cl2N2O10/c1-7-25-20-45-39(52)34(42(56)59-45)38(51)44(8-2)26(12-10-9-11-22(3)19-43(45,6)21-28(25)41(54)55)14-15-27-29(44)16-13-23(4)37(27)58-33-18-31(50)35(24(5)57-33)49-40(53)36-30(46)17-32(47)48-36/h9-10,14-15,17,19,21,23-27,29,31,33,35,37,48,50-51H,7-8,11-13,16,18,20H2,1-6H3,(H,49,53)(H,54,55)/b10-9+,22-19+,38-34?/t23-,24?,25-,26+,27-,29+,31?,33-,35-,37-,43-,44+,45+/m0/s1. The second-order valence-corrected chi connectivity index (χ2v) is 18.6. The molecule has 4 aliphatic carbocycles. The van der Waals surface area contributed by atoms with E-state index in [2.05, 4.69) is 41.5 Å². The number of fused-ring (bicyclic) bond motifs is 4. The number of amides is 1. The maximum absolute atomic E-state index is 15.2. The second kappa shape index (κ2) is 16.3. The largest absolute Gasteiger partial charge is 0.511 e. The maximum atomic E-state index is 15.2. The molecule has 2 saturated heterocycles. The number of halogens is 2. The summed E-state index contributed by atoms with van der Waals surface area (Å²) in [5.74, 6) is -4.71. The molecule has 0 aromatic carbocycles. The van der Waals surface area contributed by atoms with Gasteiger partial charge in [0.15, 0.2) is 11.9 Å². The molecule has 0 radical (unpaired) electrons. The molecular weight excluding hydrogens is 799 g/mol. The second-order valence-electron chi connectivity index (χ2n) is 17.8. The molecule has 3 heterocycles. The van der Waals surface area contributed by atoms with Crippen LogP contribution in [0.15, 0.2) is 65.0 Å². The summed E-state index contributed by atoms with van der Waals surface area (Å²) >= 11 is 12.2. The summed E-state index contributed by atoms with van der Waals surface area (Å²) < 4.78 is 19.4. The van der Waals surface area contributed by atoms with E-state index in [9.17, 15) is 29.7 Å². The van der Waals surface area contributed by atoms with Crippen molar-refractivity contribution in [2.24, 2.45) is 40.4 Å². The lowest BCUT2D eigenvalue weighted by atomic mass is 9.51. The van der Waals surface area contributed by atoms with Gasteiger partial charge in [-0.3, -0.25) is 9.59 Å². The van der Waals surface area contributed by atoms with Gasteiger partial charge in [0.2, 0.25) is 5.78 Å². The van der Waals surface area contributed by atoms with Crippen LogP contribution in [0.25, 0.3) is 0 Å². The number of H-pyrrole nitrogens is 1. The zero-order chi connectivity index (χ0) is 42.8. The molecule has 1 aromatic rings. The molecule has 1 spiro atoms. The van der Waals surface area contributed by atoms with Gasteiger partial charge in [-0.15, -0.1) is 0 Å². The minimum Gasteiger partial charge on any atom is -0.511 e. The van der Waals surface area contributed by atoms with Gasteiger partial charge in [0.05, 0.1) is 34.8 Å². The number of hydrogen-bond acceptors (Lipinski definition) is 9. The van der Waals surface area contributed by atoms with Gasteiger partial charge in [0.25, 0.3) is 5.91 Å². The van der Waals surface area contributed by atoms with E-state index >= 15 is 4.79 Å². The molecular formula is C45H56Cl2N2O10. The van der Waals surface area contributed by atoms with E-state index < -0.39 is 76.6 Å². The van der Waals surface area contributed by atoms with Crippen molar-refractivity contribution >= 4 is 46.8 Å². The van der Waals surface area contributed by atoms with Gasteiger partial charge < -0.3 is 39.8 Å². The fourth-order valence-electron chi connectivity index (χ4n) is 11.4. The van der Waals surface area contributed by atoms with Crippen LogP contribution in [0, 0.1) is 40.4 Å². The number of carboxylic acids is 1. The molecule has 14 heteroatoms. The van der Waals surface area contributed by atoms with Crippen molar-refractivity contribution in [1.82, 2.24) is 10.3 Å². The third-order valence-corrected chi connectivity index (χ3v) is 14.9. The summed E-state index contributed by atoms with van der Waals surface area (Å²) in [6, 6.07) is 0.664. The Kier molecular flexibility index (Phi) is 12.0. The molecule has 6 aliphatic rings. The SMILES string of the molecule is CC[C@H]1C[C@]23OC(=O)C(=C(O)[C@@]4(CC)[C@@H]5CC[C@H](C)[C@H](O[C@H]6CC(O)[C@@H](NC(=O)c7[nH]c(Cl)cc7Cl)C(C)O6)[C@H]5C=C[C@H]4C/C=C/C/C(C)=C/[C@@]2(C)C=C1C(=O)O)C3=O. The number of nitrogens with one attached hydrogen (secondary N) is 2. The smallest absolute Gasteiger partial charge is 0.346 e. The van der Waals surface area contributed by atoms with Crippen LogP contribution in [0.5, 0.6) is 0 Å². The topological polar surface area (TPSA) is 184 Å². The summed E-state index contributed by atoms with van der Waals surface area (Å²) in [6.07, 6.45) is 12.3. The summed E-state index contributed by atoms with van der Waals surface area (Å²) in [4.78, 5) is 57.7. The fraction of sp³-hybridized carbons (Fsp3) is 0.600. The predicted molar refractivity (Wildman–Crippen MR) is 220 cm³/mol. The number of Topliss-reactive ketones (excluding diaryl/α,β-unsaturated/α-hetero) is 1. The number of rotatable bonds is 7. The highest BCUT2D eigenvalue weighted by atomic mass is 35.5. The first-order chi connectivity index (χ1) is 27.9. The Bertz CT molecular complexity index is 2040. The first-order valence-corrected chi connectivity index (χ1v) is 21.7. The Labute approximate surface area is 355 Å². The summed E-state index contributed by atoms with van der Waals surface area (Å²) in [7, 11) is 0. The summed E-state index contributed by atoms with van der Waals surface area (Å²) in [5.41, 5.74) is -3.32. The first kappa shape index (κ1) is 43.4. The van der Waals surface area contributed by atoms with Crippen LogP contribution in [-0.2, 0) is 28.6 Å². The zero-order valence-electron chi connectivity index (χ0n) is 34.4. The third-order valence-electron chi connectivity index (χ3n) is 14.4. The number of aliphatic hydroxyl groups excluding tert-OH is 2. The third kappa shape index (κ3) is 7.24. The lowest BCUT2D eigenvalue weighted by Crippen LogP contribution is -2.58. The molecule has 59 heavy (non-hydrogen) atoms. The van der Waals surface area contributed by atoms with Gasteiger partial charge in [0, 0.05) is 29.7 Å². The van der Waals surface area contributed by atoms with Crippen molar-refractivity contribution in [1.29, 1.82) is 0 Å². The number of carbonyl (C=O) groups is 4. The maximum Gasteiger partial charge on any atom is 0.346 e. The van der Waals surface area contributed by atoms with E-state index in [-0.39, 0.29) is 69.3 Å². The highest BCUT2D eigenvalue weighted by molar-refractivity contribution is 6.36. The van der Waals surface area contributed by atoms with Gasteiger partial charge >= 0.3 is 11.9 Å². The highest BCUT2D eigenvalue weighted by Gasteiger charge is 2.67. The van der Waals surface area contributed by atoms with Crippen LogP contribution in [0.3, 0.4) is 0 Å². The van der Waals surface area contributed by atoms with Crippen LogP contribution in [0.2, 0.25) is 10.2 Å². The van der Waals surface area contributed by atoms with Crippen LogP contribution < -0.4 is 5.32 Å². The average molecular weight is 856 g/mol. The number of ketones is 1. The molecule has 5 N–H and O–H groups in total. The van der Waals surface area contributed by atoms with Crippen LogP contribution >= 0.6 is 23.2 Å². The number of carbonyl (C=O) groups excluding carboxylic acids is 3. The van der Waals surface area contributed by atoms with E-state index in [0.717, 1.165) is 12.0 Å². The normalized spacial score (nSPS) is 41.1. The number of allylic oxidation sites excluding steroid dienone is 5. The van der Waals surface area contributed by atoms with Gasteiger partial charge in [0.1, 0.15) is 22.2 Å². The molecule has 320 valence electrons. The molecule has 7 rings (SSSR count). The van der Waals surface area contributed by atoms with Crippen LogP contribution in [-0.4, -0.2) is 80.2 Å². The van der Waals surface area contributed by atoms with Crippen molar-refractivity contribution in [2.75, 3.05) is 0 Å². The molecule has 1 aromatic heterocycles. The lowest BCUT2D eigenvalue weighted by Gasteiger charge is -2.55. The van der Waals surface area contributed by atoms with E-state index in [0.29, 0.717) is 32.1 Å². The Hall–Kier alpha value is -3.68. The van der Waals surface area contributed by atoms with Crippen molar-refractivity contribution < 1.29 is 48.7 Å². The van der Waals surface area contributed by atoms with Crippen molar-refractivity contribution in [2.45, 2.75) is 129 Å². The Balaban J connectivity index is 1.23. The number of aliphatic carboxylic acids is 1. The number of aliphatic hydroxyl groups is 2. The van der Waals surface area contributed by atoms with Crippen LogP contribution in [0.4, 0.5) is 0 Å². The van der Waals surface area contributed by atoms with Gasteiger partial charge in [-0.05, 0) is 89.0 Å². The molecule has 2 bridgehead atoms. The minimum absolute atomic E-state index is 0.0225. The first-order valence-electron chi connectivity index (χ1n) is 20.9. The van der Waals surface area contributed by atoms with Gasteiger partial charge in [-0.2, -0.15) is 0 Å². The van der Waals surface area contributed by atoms with Crippen molar-refractivity contribution in [3.63, 3.8) is 0 Å². The number of aromatic nitrogens is 1. The zero-order valence-corrected chi connectivity index (χ0v) is 35.9. The van der Waals surface area contributed by atoms with Crippen molar-refractivity contribution in [3.05, 3.63) is 80.9 Å². The number of aromatic amines is 1. The Morgan fingerprint density at radius 2 is 1.85 bits per heavy atom. The van der Waals surface area contributed by atoms with E-state index in [1.807, 2.05) is 26.8 Å². The number of ether oxygens (including phenoxy) is 3. The number of carboxylic acid groups (broad SMARTS) is 1. The van der Waals surface area contributed by atoms with E-state index in [1.165, 1.54) is 6.07 Å². The summed E-state index contributed by atoms with van der Waals surface area (Å²) in [6.45, 7) is 11.4. The lowest BCUT2D eigenvalue weighted by molar-refractivity contribution is -0.258.